The second-order valence-corrected chi connectivity index (χ2v) is 5.01. The van der Waals surface area contributed by atoms with E-state index in [-0.39, 0.29) is 11.7 Å². The Morgan fingerprint density at radius 2 is 2.47 bits per heavy atom. The van der Waals surface area contributed by atoms with Crippen LogP contribution in [0.2, 0.25) is 0 Å². The van der Waals surface area contributed by atoms with Crippen molar-refractivity contribution in [3.63, 3.8) is 0 Å². The third-order valence-electron chi connectivity index (χ3n) is 3.66. The molecule has 1 spiro atoms. The number of piperidine rings is 1. The molecule has 2 fully saturated rings. The van der Waals surface area contributed by atoms with Crippen molar-refractivity contribution in [2.75, 3.05) is 32.8 Å². The van der Waals surface area contributed by atoms with E-state index in [1.807, 2.05) is 0 Å². The number of hydrogen-bond acceptors (Lipinski definition) is 4. The molecule has 0 aromatic rings. The molecule has 2 aliphatic rings. The molecule has 6 heteroatoms. The van der Waals surface area contributed by atoms with E-state index in [1.165, 1.54) is 0 Å². The van der Waals surface area contributed by atoms with E-state index in [0.717, 1.165) is 45.3 Å². The average molecular weight is 240 g/mol. The summed E-state index contributed by atoms with van der Waals surface area (Å²) in [4.78, 5) is 5.04. The van der Waals surface area contributed by atoms with Gasteiger partial charge in [0.2, 0.25) is 0 Å². The Labute approximate surface area is 101 Å². The van der Waals surface area contributed by atoms with Crippen LogP contribution in [0.3, 0.4) is 0 Å². The second kappa shape index (κ2) is 5.69. The number of likely N-dealkylation sites (tertiary alicyclic amines) is 1. The van der Waals surface area contributed by atoms with Gasteiger partial charge in [-0.2, -0.15) is 0 Å². The van der Waals surface area contributed by atoms with Gasteiger partial charge in [-0.15, -0.1) is 0 Å². The molecule has 0 aromatic carbocycles. The number of aliphatic hydroxyl groups is 1. The van der Waals surface area contributed by atoms with Gasteiger partial charge in [0.15, 0.2) is 0 Å². The lowest BCUT2D eigenvalue weighted by Crippen LogP contribution is -2.54. The molecule has 0 aliphatic carbocycles. The Morgan fingerprint density at radius 1 is 1.59 bits per heavy atom. The molecule has 6 nitrogen and oxygen atoms in total. The highest BCUT2D eigenvalue weighted by molar-refractivity contribution is 4.93. The zero-order chi connectivity index (χ0) is 12.1. The van der Waals surface area contributed by atoms with E-state index < -0.39 is 0 Å². The highest BCUT2D eigenvalue weighted by Crippen LogP contribution is 2.33. The quantitative estimate of drug-likeness (QED) is 0.458. The first-order valence-corrected chi connectivity index (χ1v) is 6.29. The zero-order valence-corrected chi connectivity index (χ0v) is 10.1. The Morgan fingerprint density at radius 3 is 3.24 bits per heavy atom. The summed E-state index contributed by atoms with van der Waals surface area (Å²) in [7, 11) is 0. The first-order valence-electron chi connectivity index (χ1n) is 6.29. The topological polar surface area (TPSA) is 81.5 Å². The van der Waals surface area contributed by atoms with Crippen LogP contribution in [0.25, 0.3) is 10.4 Å². The molecule has 96 valence electrons. The standard InChI is InChI=1S/C11H20N4O2/c12-14-13-4-6-15-5-1-3-11(9-15)8-10(16)2-7-17-11/h10,16H,1-9H2/t10-,11+/m1/s1. The van der Waals surface area contributed by atoms with Crippen molar-refractivity contribution in [1.29, 1.82) is 0 Å². The molecule has 1 N–H and O–H groups in total. The second-order valence-electron chi connectivity index (χ2n) is 5.01. The minimum Gasteiger partial charge on any atom is -0.393 e. The monoisotopic (exact) mass is 240 g/mol. The van der Waals surface area contributed by atoms with E-state index in [2.05, 4.69) is 14.9 Å². The third kappa shape index (κ3) is 3.33. The third-order valence-corrected chi connectivity index (χ3v) is 3.66. The lowest BCUT2D eigenvalue weighted by Gasteiger charge is -2.46. The van der Waals surface area contributed by atoms with Crippen LogP contribution in [-0.2, 0) is 4.74 Å². The molecule has 0 aromatic heterocycles. The summed E-state index contributed by atoms with van der Waals surface area (Å²) in [5, 5.41) is 13.3. The van der Waals surface area contributed by atoms with Gasteiger partial charge in [-0.3, -0.25) is 0 Å². The van der Waals surface area contributed by atoms with Crippen molar-refractivity contribution in [1.82, 2.24) is 4.90 Å². The molecule has 0 amide bonds. The summed E-state index contributed by atoms with van der Waals surface area (Å²) in [5.41, 5.74) is 8.09. The Hall–Kier alpha value is -0.810. The van der Waals surface area contributed by atoms with Gasteiger partial charge in [0.25, 0.3) is 0 Å². The van der Waals surface area contributed by atoms with Crippen LogP contribution in [0.5, 0.6) is 0 Å². The van der Waals surface area contributed by atoms with Crippen LogP contribution in [-0.4, -0.2) is 54.5 Å². The molecule has 2 rings (SSSR count). The first-order chi connectivity index (χ1) is 8.24. The van der Waals surface area contributed by atoms with Crippen LogP contribution in [0.15, 0.2) is 5.11 Å². The Kier molecular flexibility index (Phi) is 4.23. The fourth-order valence-corrected chi connectivity index (χ4v) is 2.90. The van der Waals surface area contributed by atoms with Crippen LogP contribution >= 0.6 is 0 Å². The number of azide groups is 1. The van der Waals surface area contributed by atoms with Crippen molar-refractivity contribution in [3.8, 4) is 0 Å². The maximum atomic E-state index is 9.76. The van der Waals surface area contributed by atoms with Gasteiger partial charge in [-0.1, -0.05) is 5.11 Å². The summed E-state index contributed by atoms with van der Waals surface area (Å²) >= 11 is 0. The van der Waals surface area contributed by atoms with E-state index >= 15 is 0 Å². The predicted octanol–water partition coefficient (Wildman–Crippen LogP) is 1.30. The molecule has 0 saturated carbocycles. The highest BCUT2D eigenvalue weighted by atomic mass is 16.5. The minimum atomic E-state index is -0.221. The molecular weight excluding hydrogens is 220 g/mol. The van der Waals surface area contributed by atoms with Gasteiger partial charge in [-0.25, -0.2) is 0 Å². The van der Waals surface area contributed by atoms with Gasteiger partial charge >= 0.3 is 0 Å². The fourth-order valence-electron chi connectivity index (χ4n) is 2.90. The summed E-state index contributed by atoms with van der Waals surface area (Å²) < 4.78 is 5.91. The van der Waals surface area contributed by atoms with Gasteiger partial charge in [0.05, 0.1) is 11.7 Å². The van der Waals surface area contributed by atoms with Crippen LogP contribution in [0.1, 0.15) is 25.7 Å². The summed E-state index contributed by atoms with van der Waals surface area (Å²) in [6.07, 6.45) is 3.39. The van der Waals surface area contributed by atoms with Crippen LogP contribution < -0.4 is 0 Å². The zero-order valence-electron chi connectivity index (χ0n) is 10.1. The van der Waals surface area contributed by atoms with E-state index in [1.54, 1.807) is 0 Å². The van der Waals surface area contributed by atoms with Crippen molar-refractivity contribution < 1.29 is 9.84 Å². The van der Waals surface area contributed by atoms with Gasteiger partial charge in [0.1, 0.15) is 0 Å². The largest absolute Gasteiger partial charge is 0.393 e. The smallest absolute Gasteiger partial charge is 0.0833 e. The lowest BCUT2D eigenvalue weighted by atomic mass is 9.84. The molecule has 17 heavy (non-hydrogen) atoms. The average Bonchev–Trinajstić information content (AvgIpc) is 2.29. The normalized spacial score (nSPS) is 34.5. The van der Waals surface area contributed by atoms with Crippen LogP contribution in [0, 0.1) is 0 Å². The minimum absolute atomic E-state index is 0.160. The van der Waals surface area contributed by atoms with E-state index in [0.29, 0.717) is 13.2 Å². The number of hydrogen-bond donors (Lipinski definition) is 1. The molecule has 0 radical (unpaired) electrons. The van der Waals surface area contributed by atoms with Crippen molar-refractivity contribution >= 4 is 0 Å². The lowest BCUT2D eigenvalue weighted by molar-refractivity contribution is -0.146. The number of rotatable bonds is 3. The number of ether oxygens (including phenoxy) is 1. The summed E-state index contributed by atoms with van der Waals surface area (Å²) in [6, 6.07) is 0. The van der Waals surface area contributed by atoms with Crippen molar-refractivity contribution in [3.05, 3.63) is 10.4 Å². The molecule has 0 unspecified atom stereocenters. The maximum Gasteiger partial charge on any atom is 0.0833 e. The van der Waals surface area contributed by atoms with Gasteiger partial charge in [0, 0.05) is 37.6 Å². The number of aliphatic hydroxyl groups excluding tert-OH is 1. The Balaban J connectivity index is 1.89. The number of nitrogens with zero attached hydrogens (tertiary/aromatic N) is 4. The van der Waals surface area contributed by atoms with Crippen molar-refractivity contribution in [2.45, 2.75) is 37.4 Å². The molecule has 0 bridgehead atoms. The SMILES string of the molecule is [N-]=[N+]=NCCN1CCC[C@]2(C[C@H](O)CCO2)C1. The predicted molar refractivity (Wildman–Crippen MR) is 63.6 cm³/mol. The molecule has 2 aliphatic heterocycles. The molecule has 2 heterocycles. The summed E-state index contributed by atoms with van der Waals surface area (Å²) in [6.45, 7) is 3.83. The Bertz CT molecular complexity index is 302. The van der Waals surface area contributed by atoms with Gasteiger partial charge < -0.3 is 14.7 Å². The van der Waals surface area contributed by atoms with Crippen LogP contribution in [0.4, 0.5) is 0 Å². The van der Waals surface area contributed by atoms with E-state index in [9.17, 15) is 5.11 Å². The summed E-state index contributed by atoms with van der Waals surface area (Å²) in [5.74, 6) is 0. The maximum absolute atomic E-state index is 9.76. The van der Waals surface area contributed by atoms with Crippen molar-refractivity contribution in [2.24, 2.45) is 5.11 Å². The first kappa shape index (κ1) is 12.6. The molecule has 2 saturated heterocycles. The molecule has 2 atom stereocenters. The highest BCUT2D eigenvalue weighted by Gasteiger charge is 2.40. The van der Waals surface area contributed by atoms with E-state index in [4.69, 9.17) is 10.3 Å². The van der Waals surface area contributed by atoms with Gasteiger partial charge in [-0.05, 0) is 31.3 Å². The molecular formula is C11H20N4O2. The fraction of sp³-hybridized carbons (Fsp3) is 1.00.